The minimum absolute atomic E-state index is 0.226. The molecule has 180 valence electrons. The van der Waals surface area contributed by atoms with Crippen LogP contribution in [0.15, 0.2) is 48.5 Å². The molecular weight excluding hydrogens is 459 g/mol. The maximum absolute atomic E-state index is 13.0. The maximum Gasteiger partial charge on any atom is 0.416 e. The van der Waals surface area contributed by atoms with Crippen LogP contribution in [-0.4, -0.2) is 64.8 Å². The third-order valence-corrected chi connectivity index (χ3v) is 6.69. The molecular formula is C22H26F3N3O4S. The number of hydrogen-bond donors (Lipinski definition) is 0. The van der Waals surface area contributed by atoms with Gasteiger partial charge in [-0.2, -0.15) is 13.2 Å². The normalized spacial score (nSPS) is 15.8. The van der Waals surface area contributed by atoms with Gasteiger partial charge in [-0.1, -0.05) is 6.07 Å². The average Bonchev–Trinajstić information content (AvgIpc) is 2.77. The zero-order valence-corrected chi connectivity index (χ0v) is 19.4. The van der Waals surface area contributed by atoms with Crippen molar-refractivity contribution in [2.45, 2.75) is 19.2 Å². The minimum Gasteiger partial charge on any atom is -0.481 e. The van der Waals surface area contributed by atoms with Crippen LogP contribution in [0.1, 0.15) is 12.5 Å². The first-order valence-electron chi connectivity index (χ1n) is 10.3. The molecule has 2 aromatic rings. The predicted octanol–water partition coefficient (Wildman–Crippen LogP) is 3.22. The van der Waals surface area contributed by atoms with Gasteiger partial charge in [-0.05, 0) is 49.4 Å². The third kappa shape index (κ3) is 6.10. The summed E-state index contributed by atoms with van der Waals surface area (Å²) >= 11 is 0. The first-order chi connectivity index (χ1) is 15.4. The molecule has 0 saturated carbocycles. The molecule has 1 saturated heterocycles. The smallest absolute Gasteiger partial charge is 0.416 e. The van der Waals surface area contributed by atoms with Gasteiger partial charge in [-0.15, -0.1) is 0 Å². The second-order valence-corrected chi connectivity index (χ2v) is 9.86. The van der Waals surface area contributed by atoms with Gasteiger partial charge in [0.15, 0.2) is 6.10 Å². The summed E-state index contributed by atoms with van der Waals surface area (Å²) in [6.07, 6.45) is -4.08. The fourth-order valence-corrected chi connectivity index (χ4v) is 4.01. The van der Waals surface area contributed by atoms with E-state index in [1.165, 1.54) is 13.1 Å². The third-order valence-electron chi connectivity index (χ3n) is 5.49. The van der Waals surface area contributed by atoms with E-state index < -0.39 is 27.9 Å². The van der Waals surface area contributed by atoms with Crippen LogP contribution in [0.5, 0.6) is 5.75 Å². The molecule has 1 amide bonds. The number of anilines is 2. The molecule has 0 radical (unpaired) electrons. The Morgan fingerprint density at radius 2 is 1.67 bits per heavy atom. The van der Waals surface area contributed by atoms with Crippen molar-refractivity contribution >= 4 is 27.3 Å². The first kappa shape index (κ1) is 24.7. The van der Waals surface area contributed by atoms with Gasteiger partial charge in [0.2, 0.25) is 10.0 Å². The lowest BCUT2D eigenvalue weighted by atomic mass is 10.1. The quantitative estimate of drug-likeness (QED) is 0.629. The topological polar surface area (TPSA) is 70.2 Å². The lowest BCUT2D eigenvalue weighted by molar-refractivity contribution is -0.138. The highest BCUT2D eigenvalue weighted by Crippen LogP contribution is 2.32. The van der Waals surface area contributed by atoms with E-state index in [9.17, 15) is 26.4 Å². The van der Waals surface area contributed by atoms with Crippen LogP contribution >= 0.6 is 0 Å². The van der Waals surface area contributed by atoms with E-state index in [0.717, 1.165) is 22.7 Å². The summed E-state index contributed by atoms with van der Waals surface area (Å²) in [6.45, 7) is 3.17. The first-order valence-corrected chi connectivity index (χ1v) is 12.1. The van der Waals surface area contributed by atoms with Crippen molar-refractivity contribution in [3.63, 3.8) is 0 Å². The molecule has 1 unspecified atom stereocenters. The highest BCUT2D eigenvalue weighted by molar-refractivity contribution is 7.92. The number of carbonyl (C=O) groups is 1. The molecule has 11 heteroatoms. The van der Waals surface area contributed by atoms with E-state index in [1.54, 1.807) is 42.2 Å². The van der Waals surface area contributed by atoms with Gasteiger partial charge in [0.1, 0.15) is 5.75 Å². The van der Waals surface area contributed by atoms with E-state index in [2.05, 4.69) is 0 Å². The Balaban J connectivity index is 1.56. The number of sulfonamides is 1. The van der Waals surface area contributed by atoms with Crippen LogP contribution in [0, 0.1) is 0 Å². The summed E-state index contributed by atoms with van der Waals surface area (Å²) < 4.78 is 69.0. The number of nitrogens with zero attached hydrogens (tertiary/aromatic N) is 3. The second kappa shape index (κ2) is 9.50. The Hall–Kier alpha value is -2.95. The molecule has 7 nitrogen and oxygen atoms in total. The summed E-state index contributed by atoms with van der Waals surface area (Å²) in [5.74, 6) is 0.195. The van der Waals surface area contributed by atoms with Crippen LogP contribution in [0.25, 0.3) is 0 Å². The largest absolute Gasteiger partial charge is 0.481 e. The van der Waals surface area contributed by atoms with Crippen LogP contribution in [-0.2, 0) is 21.0 Å². The fourth-order valence-electron chi connectivity index (χ4n) is 3.50. The summed E-state index contributed by atoms with van der Waals surface area (Å²) in [5, 5.41) is 0. The van der Waals surface area contributed by atoms with Crippen molar-refractivity contribution in [3.8, 4) is 5.75 Å². The molecule has 1 fully saturated rings. The van der Waals surface area contributed by atoms with Crippen LogP contribution in [0.3, 0.4) is 0 Å². The molecule has 2 aromatic carbocycles. The van der Waals surface area contributed by atoms with Crippen LogP contribution < -0.4 is 13.9 Å². The minimum atomic E-state index is -4.40. The standard InChI is InChI=1S/C22H26F3N3O4S/c1-16(32-20-9-7-18(8-10-20)26(2)33(3,30)31)21(29)28-13-11-27(12-14-28)19-6-4-5-17(15-19)22(23,24)25/h4-10,15-16H,11-14H2,1-3H3. The van der Waals surface area contributed by atoms with Gasteiger partial charge in [-0.3, -0.25) is 9.10 Å². The highest BCUT2D eigenvalue weighted by atomic mass is 32.2. The molecule has 1 aliphatic heterocycles. The Bertz CT molecular complexity index is 1080. The number of halogens is 3. The monoisotopic (exact) mass is 485 g/mol. The van der Waals surface area contributed by atoms with E-state index in [-0.39, 0.29) is 5.91 Å². The van der Waals surface area contributed by atoms with Crippen molar-refractivity contribution in [1.29, 1.82) is 0 Å². The second-order valence-electron chi connectivity index (χ2n) is 7.84. The molecule has 0 aliphatic carbocycles. The molecule has 1 heterocycles. The molecule has 1 atom stereocenters. The maximum atomic E-state index is 13.0. The van der Waals surface area contributed by atoms with Gasteiger partial charge in [-0.25, -0.2) is 8.42 Å². The number of ether oxygens (including phenoxy) is 1. The zero-order valence-electron chi connectivity index (χ0n) is 18.5. The number of hydrogen-bond acceptors (Lipinski definition) is 5. The zero-order chi connectivity index (χ0) is 24.4. The lowest BCUT2D eigenvalue weighted by Crippen LogP contribution is -2.52. The van der Waals surface area contributed by atoms with E-state index in [0.29, 0.717) is 43.3 Å². The van der Waals surface area contributed by atoms with E-state index in [4.69, 9.17) is 4.74 Å². The van der Waals surface area contributed by atoms with Crippen molar-refractivity contribution in [3.05, 3.63) is 54.1 Å². The molecule has 1 aliphatic rings. The molecule has 0 N–H and O–H groups in total. The number of piperazine rings is 1. The molecule has 0 bridgehead atoms. The Kier molecular flexibility index (Phi) is 7.11. The van der Waals surface area contributed by atoms with Gasteiger partial charge < -0.3 is 14.5 Å². The van der Waals surface area contributed by atoms with Crippen molar-refractivity contribution in [2.24, 2.45) is 0 Å². The van der Waals surface area contributed by atoms with Crippen molar-refractivity contribution in [1.82, 2.24) is 4.90 Å². The number of amides is 1. The Morgan fingerprint density at radius 1 is 1.06 bits per heavy atom. The lowest BCUT2D eigenvalue weighted by Gasteiger charge is -2.37. The SMILES string of the molecule is CC(Oc1ccc(N(C)S(C)(=O)=O)cc1)C(=O)N1CCN(c2cccc(C(F)(F)F)c2)CC1. The summed E-state index contributed by atoms with van der Waals surface area (Å²) in [5.41, 5.74) is 0.240. The molecule has 33 heavy (non-hydrogen) atoms. The predicted molar refractivity (Wildman–Crippen MR) is 120 cm³/mol. The Labute approximate surface area is 191 Å². The van der Waals surface area contributed by atoms with Crippen molar-refractivity contribution < 1.29 is 31.1 Å². The van der Waals surface area contributed by atoms with Gasteiger partial charge in [0.05, 0.1) is 17.5 Å². The van der Waals surface area contributed by atoms with E-state index in [1.807, 2.05) is 4.90 Å². The molecule has 0 spiro atoms. The number of rotatable bonds is 6. The average molecular weight is 486 g/mol. The van der Waals surface area contributed by atoms with Gasteiger partial charge in [0.25, 0.3) is 5.91 Å². The number of benzene rings is 2. The highest BCUT2D eigenvalue weighted by Gasteiger charge is 2.31. The van der Waals surface area contributed by atoms with Crippen LogP contribution in [0.4, 0.5) is 24.5 Å². The van der Waals surface area contributed by atoms with Crippen molar-refractivity contribution in [2.75, 3.05) is 48.7 Å². The van der Waals surface area contributed by atoms with Crippen LogP contribution in [0.2, 0.25) is 0 Å². The number of carbonyl (C=O) groups excluding carboxylic acids is 1. The van der Waals surface area contributed by atoms with E-state index >= 15 is 0 Å². The van der Waals surface area contributed by atoms with Gasteiger partial charge in [0, 0.05) is 38.9 Å². The fraction of sp³-hybridized carbons (Fsp3) is 0.409. The molecule has 3 rings (SSSR count). The number of alkyl halides is 3. The summed E-state index contributed by atoms with van der Waals surface area (Å²) in [4.78, 5) is 16.2. The molecule has 0 aromatic heterocycles. The Morgan fingerprint density at radius 3 is 2.21 bits per heavy atom. The summed E-state index contributed by atoms with van der Waals surface area (Å²) in [7, 11) is -1.94. The summed E-state index contributed by atoms with van der Waals surface area (Å²) in [6, 6.07) is 11.5. The van der Waals surface area contributed by atoms with Gasteiger partial charge >= 0.3 is 6.18 Å².